The number of rotatable bonds is 5. The van der Waals surface area contributed by atoms with Crippen molar-refractivity contribution >= 4 is 28.5 Å². The highest BCUT2D eigenvalue weighted by Crippen LogP contribution is 2.28. The van der Waals surface area contributed by atoms with Gasteiger partial charge in [0.1, 0.15) is 5.55 Å². The van der Waals surface area contributed by atoms with E-state index in [1.165, 1.54) is 22.2 Å². The number of thiocarbonyl (C=S) groups is 1. The number of ether oxygens (including phenoxy) is 1. The second-order valence-electron chi connectivity index (χ2n) is 5.26. The zero-order valence-corrected chi connectivity index (χ0v) is 13.3. The largest absolute Gasteiger partial charge is 0.489 e. The van der Waals surface area contributed by atoms with E-state index in [9.17, 15) is 0 Å². The van der Waals surface area contributed by atoms with Crippen LogP contribution in [0.15, 0.2) is 60.7 Å². The van der Waals surface area contributed by atoms with Crippen LogP contribution in [0.4, 0.5) is 0 Å². The van der Waals surface area contributed by atoms with E-state index in [1.54, 1.807) is 0 Å². The Morgan fingerprint density at radius 3 is 2.61 bits per heavy atom. The Morgan fingerprint density at radius 1 is 1.00 bits per heavy atom. The Morgan fingerprint density at radius 2 is 1.78 bits per heavy atom. The average Bonchev–Trinajstić information content (AvgIpc) is 2.61. The Kier molecular flexibility index (Phi) is 4.65. The summed E-state index contributed by atoms with van der Waals surface area (Å²) in [5.41, 5.74) is 5.60. The van der Waals surface area contributed by atoms with Crippen molar-refractivity contribution in [2.75, 3.05) is 6.61 Å². The molecule has 0 atom stereocenters. The Hall–Kier alpha value is -2.70. The minimum atomic E-state index is 0.583. The molecule has 0 fully saturated rings. The molecule has 3 aromatic rings. The molecular weight excluding hydrogens is 302 g/mol. The molecule has 0 saturated carbocycles. The molecular formula is C20H15NOS. The zero-order valence-electron chi connectivity index (χ0n) is 12.5. The van der Waals surface area contributed by atoms with Gasteiger partial charge >= 0.3 is 0 Å². The minimum Gasteiger partial charge on any atom is -0.489 e. The highest BCUT2D eigenvalue weighted by atomic mass is 32.1. The van der Waals surface area contributed by atoms with Crippen LogP contribution in [0, 0.1) is 11.3 Å². The van der Waals surface area contributed by atoms with Crippen molar-refractivity contribution in [2.45, 2.75) is 6.42 Å². The fourth-order valence-corrected chi connectivity index (χ4v) is 2.82. The van der Waals surface area contributed by atoms with Crippen molar-refractivity contribution < 1.29 is 4.74 Å². The standard InChI is InChI=1S/C20H15NOS/c21-13-15-5-6-18-12-19(8-7-17(18)11-15)20-4-2-1-3-16(20)9-10-22-14-23/h1-8,11-12,14H,9-10H2. The summed E-state index contributed by atoms with van der Waals surface area (Å²) in [5, 5.41) is 11.2. The van der Waals surface area contributed by atoms with Gasteiger partial charge in [-0.3, -0.25) is 0 Å². The topological polar surface area (TPSA) is 33.0 Å². The third-order valence-corrected chi connectivity index (χ3v) is 3.99. The van der Waals surface area contributed by atoms with Crippen LogP contribution in [0.3, 0.4) is 0 Å². The van der Waals surface area contributed by atoms with E-state index in [2.05, 4.69) is 36.4 Å². The molecule has 0 aliphatic heterocycles. The number of hydrogen-bond donors (Lipinski definition) is 0. The highest BCUT2D eigenvalue weighted by molar-refractivity contribution is 7.78. The molecule has 0 aliphatic rings. The lowest BCUT2D eigenvalue weighted by molar-refractivity contribution is 0.332. The molecule has 0 aromatic heterocycles. The highest BCUT2D eigenvalue weighted by Gasteiger charge is 2.06. The molecule has 0 spiro atoms. The smallest absolute Gasteiger partial charge is 0.146 e. The molecule has 0 radical (unpaired) electrons. The summed E-state index contributed by atoms with van der Waals surface area (Å²) >= 11 is 4.70. The summed E-state index contributed by atoms with van der Waals surface area (Å²) in [4.78, 5) is 0. The fourth-order valence-electron chi connectivity index (χ4n) is 2.72. The molecule has 112 valence electrons. The maximum absolute atomic E-state index is 9.00. The van der Waals surface area contributed by atoms with Crippen LogP contribution < -0.4 is 0 Å². The molecule has 0 bridgehead atoms. The van der Waals surface area contributed by atoms with Crippen LogP contribution in [-0.2, 0) is 11.2 Å². The van der Waals surface area contributed by atoms with E-state index in [1.807, 2.05) is 30.3 Å². The molecule has 2 nitrogen and oxygen atoms in total. The first-order valence-corrected chi connectivity index (χ1v) is 7.86. The Bertz CT molecular complexity index is 896. The zero-order chi connectivity index (χ0) is 16.1. The lowest BCUT2D eigenvalue weighted by Gasteiger charge is -2.10. The first kappa shape index (κ1) is 15.2. The maximum Gasteiger partial charge on any atom is 0.146 e. The van der Waals surface area contributed by atoms with Crippen LogP contribution in [0.25, 0.3) is 21.9 Å². The van der Waals surface area contributed by atoms with E-state index in [0.717, 1.165) is 17.2 Å². The monoisotopic (exact) mass is 317 g/mol. The van der Waals surface area contributed by atoms with Crippen molar-refractivity contribution in [3.63, 3.8) is 0 Å². The van der Waals surface area contributed by atoms with E-state index in [-0.39, 0.29) is 0 Å². The summed E-state index contributed by atoms with van der Waals surface area (Å²) < 4.78 is 5.18. The van der Waals surface area contributed by atoms with Crippen molar-refractivity contribution in [3.05, 3.63) is 71.8 Å². The van der Waals surface area contributed by atoms with E-state index in [0.29, 0.717) is 12.2 Å². The van der Waals surface area contributed by atoms with Crippen LogP contribution in [0.5, 0.6) is 0 Å². The van der Waals surface area contributed by atoms with Crippen molar-refractivity contribution in [1.29, 1.82) is 5.26 Å². The first-order valence-electron chi connectivity index (χ1n) is 7.39. The molecule has 0 amide bonds. The van der Waals surface area contributed by atoms with E-state index < -0.39 is 0 Å². The van der Waals surface area contributed by atoms with Gasteiger partial charge in [-0.2, -0.15) is 5.26 Å². The van der Waals surface area contributed by atoms with Crippen LogP contribution in [-0.4, -0.2) is 12.2 Å². The number of benzene rings is 3. The molecule has 0 aliphatic carbocycles. The summed E-state index contributed by atoms with van der Waals surface area (Å²) in [6, 6.07) is 22.6. The van der Waals surface area contributed by atoms with Gasteiger partial charge < -0.3 is 4.74 Å². The average molecular weight is 317 g/mol. The third kappa shape index (κ3) is 3.39. The van der Waals surface area contributed by atoms with E-state index in [4.69, 9.17) is 22.2 Å². The predicted octanol–water partition coefficient (Wildman–Crippen LogP) is 4.89. The second kappa shape index (κ2) is 7.04. The molecule has 3 rings (SSSR count). The molecule has 23 heavy (non-hydrogen) atoms. The molecule has 0 N–H and O–H groups in total. The molecule has 0 heterocycles. The van der Waals surface area contributed by atoms with Gasteiger partial charge in [0.15, 0.2) is 0 Å². The Balaban J connectivity index is 2.00. The van der Waals surface area contributed by atoms with Gasteiger partial charge in [-0.15, -0.1) is 0 Å². The molecule has 3 heteroatoms. The molecule has 3 aromatic carbocycles. The number of nitrogens with zero attached hydrogens (tertiary/aromatic N) is 1. The molecule has 0 unspecified atom stereocenters. The van der Waals surface area contributed by atoms with Gasteiger partial charge in [0.25, 0.3) is 0 Å². The third-order valence-electron chi connectivity index (χ3n) is 3.86. The van der Waals surface area contributed by atoms with Gasteiger partial charge in [0.05, 0.1) is 18.2 Å². The van der Waals surface area contributed by atoms with Gasteiger partial charge in [0, 0.05) is 6.42 Å². The summed E-state index contributed by atoms with van der Waals surface area (Å²) in [6.45, 7) is 0.583. The summed E-state index contributed by atoms with van der Waals surface area (Å²) in [7, 11) is 0. The van der Waals surface area contributed by atoms with E-state index >= 15 is 0 Å². The van der Waals surface area contributed by atoms with Crippen molar-refractivity contribution in [1.82, 2.24) is 0 Å². The number of fused-ring (bicyclic) bond motifs is 1. The van der Waals surface area contributed by atoms with Crippen LogP contribution >= 0.6 is 12.2 Å². The minimum absolute atomic E-state index is 0.583. The normalized spacial score (nSPS) is 10.2. The quantitative estimate of drug-likeness (QED) is 0.496. The predicted molar refractivity (Wildman–Crippen MR) is 97.4 cm³/mol. The van der Waals surface area contributed by atoms with Gasteiger partial charge in [-0.1, -0.05) is 42.5 Å². The SMILES string of the molecule is N#Cc1ccc2cc(-c3ccccc3CCOC=S)ccc2c1. The summed E-state index contributed by atoms with van der Waals surface area (Å²) in [6.07, 6.45) is 0.814. The molecule has 0 saturated heterocycles. The second-order valence-corrected chi connectivity index (χ2v) is 5.46. The van der Waals surface area contributed by atoms with Crippen molar-refractivity contribution in [2.24, 2.45) is 0 Å². The van der Waals surface area contributed by atoms with Gasteiger partial charge in [-0.05, 0) is 57.9 Å². The lowest BCUT2D eigenvalue weighted by atomic mass is 9.95. The van der Waals surface area contributed by atoms with Crippen LogP contribution in [0.1, 0.15) is 11.1 Å². The summed E-state index contributed by atoms with van der Waals surface area (Å²) in [5.74, 6) is 0. The maximum atomic E-state index is 9.00. The number of nitriles is 1. The fraction of sp³-hybridized carbons (Fsp3) is 0.100. The Labute approximate surface area is 140 Å². The van der Waals surface area contributed by atoms with Gasteiger partial charge in [0.2, 0.25) is 0 Å². The van der Waals surface area contributed by atoms with Gasteiger partial charge in [-0.25, -0.2) is 0 Å². The lowest BCUT2D eigenvalue weighted by Crippen LogP contribution is -1.98. The number of hydrogen-bond acceptors (Lipinski definition) is 3. The van der Waals surface area contributed by atoms with Crippen molar-refractivity contribution in [3.8, 4) is 17.2 Å². The first-order chi connectivity index (χ1) is 11.3. The van der Waals surface area contributed by atoms with Crippen LogP contribution in [0.2, 0.25) is 0 Å².